The maximum atomic E-state index is 12.8. The molecule has 1 aliphatic heterocycles. The van der Waals surface area contributed by atoms with Crippen molar-refractivity contribution in [2.75, 3.05) is 6.54 Å². The maximum Gasteiger partial charge on any atom is 0.222 e. The standard InChI is InChI=1S/C22H34N2O3/c25-20(23-15-7-9-16-8-1-4-12-19(16)23)13-5-6-14-24-21(26)17-10-2-3-11-18(17)22(24)27/h16,19,26-27H,1-15H2. The van der Waals surface area contributed by atoms with E-state index in [-0.39, 0.29) is 11.8 Å². The SMILES string of the molecule is O=C(CCCCn1c(O)c2c(c1O)CCCC2)N1CCCC2CCCCC21. The van der Waals surface area contributed by atoms with Gasteiger partial charge in [-0.25, -0.2) is 0 Å². The van der Waals surface area contributed by atoms with E-state index in [9.17, 15) is 15.0 Å². The number of aromatic hydroxyl groups is 2. The number of fused-ring (bicyclic) bond motifs is 2. The van der Waals surface area contributed by atoms with Crippen molar-refractivity contribution >= 4 is 5.91 Å². The van der Waals surface area contributed by atoms with E-state index in [1.807, 2.05) is 0 Å². The lowest BCUT2D eigenvalue weighted by Crippen LogP contribution is -2.49. The summed E-state index contributed by atoms with van der Waals surface area (Å²) in [5.74, 6) is 1.53. The second kappa shape index (κ2) is 8.15. The van der Waals surface area contributed by atoms with Gasteiger partial charge < -0.3 is 15.1 Å². The Bertz CT molecular complexity index is 650. The third-order valence-corrected chi connectivity index (χ3v) is 7.10. The zero-order valence-corrected chi connectivity index (χ0v) is 16.5. The van der Waals surface area contributed by atoms with Gasteiger partial charge in [0, 0.05) is 36.7 Å². The van der Waals surface area contributed by atoms with E-state index >= 15 is 0 Å². The third-order valence-electron chi connectivity index (χ3n) is 7.10. The van der Waals surface area contributed by atoms with E-state index in [1.165, 1.54) is 32.1 Å². The molecule has 5 heteroatoms. The number of hydrogen-bond acceptors (Lipinski definition) is 3. The van der Waals surface area contributed by atoms with Crippen LogP contribution in [0.15, 0.2) is 0 Å². The highest BCUT2D eigenvalue weighted by Gasteiger charge is 2.35. The van der Waals surface area contributed by atoms with Gasteiger partial charge in [-0.05, 0) is 70.1 Å². The van der Waals surface area contributed by atoms with E-state index in [4.69, 9.17) is 0 Å². The molecule has 1 aromatic rings. The molecule has 4 rings (SSSR count). The van der Waals surface area contributed by atoms with Crippen molar-refractivity contribution in [3.8, 4) is 11.8 Å². The van der Waals surface area contributed by atoms with Gasteiger partial charge in [0.05, 0.1) is 0 Å². The minimum absolute atomic E-state index is 0.245. The van der Waals surface area contributed by atoms with Gasteiger partial charge in [0.1, 0.15) is 0 Å². The number of carbonyl (C=O) groups is 1. The topological polar surface area (TPSA) is 65.7 Å². The van der Waals surface area contributed by atoms with Gasteiger partial charge in [-0.1, -0.05) is 12.8 Å². The molecule has 1 aromatic heterocycles. The lowest BCUT2D eigenvalue weighted by Gasteiger charge is -2.44. The van der Waals surface area contributed by atoms with Crippen molar-refractivity contribution in [2.45, 2.75) is 96.1 Å². The van der Waals surface area contributed by atoms with Crippen LogP contribution in [0.25, 0.3) is 0 Å². The Morgan fingerprint density at radius 2 is 1.56 bits per heavy atom. The van der Waals surface area contributed by atoms with Crippen LogP contribution >= 0.6 is 0 Å². The average Bonchev–Trinajstić information content (AvgIpc) is 2.95. The van der Waals surface area contributed by atoms with E-state index in [0.29, 0.717) is 24.9 Å². The number of rotatable bonds is 5. The molecule has 0 bridgehead atoms. The van der Waals surface area contributed by atoms with Crippen LogP contribution in [-0.2, 0) is 24.2 Å². The number of aromatic nitrogens is 1. The van der Waals surface area contributed by atoms with E-state index in [1.54, 1.807) is 4.57 Å². The van der Waals surface area contributed by atoms with Crippen LogP contribution in [0.2, 0.25) is 0 Å². The summed E-state index contributed by atoms with van der Waals surface area (Å²) in [4.78, 5) is 15.0. The molecule has 0 spiro atoms. The van der Waals surface area contributed by atoms with E-state index in [0.717, 1.165) is 68.5 Å². The quantitative estimate of drug-likeness (QED) is 0.762. The van der Waals surface area contributed by atoms with Crippen molar-refractivity contribution in [3.05, 3.63) is 11.1 Å². The lowest BCUT2D eigenvalue weighted by molar-refractivity contribution is -0.137. The van der Waals surface area contributed by atoms with Crippen LogP contribution in [0.1, 0.15) is 81.8 Å². The molecule has 2 unspecified atom stereocenters. The summed E-state index contributed by atoms with van der Waals surface area (Å²) in [7, 11) is 0. The number of amides is 1. The lowest BCUT2D eigenvalue weighted by atomic mass is 9.78. The van der Waals surface area contributed by atoms with Gasteiger partial charge in [0.15, 0.2) is 11.8 Å². The van der Waals surface area contributed by atoms with Crippen molar-refractivity contribution in [1.82, 2.24) is 9.47 Å². The minimum atomic E-state index is 0.245. The molecule has 1 saturated carbocycles. The zero-order valence-electron chi connectivity index (χ0n) is 16.5. The van der Waals surface area contributed by atoms with Crippen LogP contribution in [0.4, 0.5) is 0 Å². The largest absolute Gasteiger partial charge is 0.494 e. The molecule has 2 atom stereocenters. The third kappa shape index (κ3) is 3.70. The molecule has 1 saturated heterocycles. The Balaban J connectivity index is 1.29. The molecular formula is C22H34N2O3. The van der Waals surface area contributed by atoms with Crippen LogP contribution in [0.5, 0.6) is 11.8 Å². The summed E-state index contributed by atoms with van der Waals surface area (Å²) in [6.07, 6.45) is 13.6. The molecule has 5 nitrogen and oxygen atoms in total. The molecule has 150 valence electrons. The second-order valence-electron chi connectivity index (χ2n) is 8.76. The summed E-state index contributed by atoms with van der Waals surface area (Å²) in [6, 6.07) is 0.490. The summed E-state index contributed by atoms with van der Waals surface area (Å²) >= 11 is 0. The molecule has 2 heterocycles. The summed E-state index contributed by atoms with van der Waals surface area (Å²) in [5.41, 5.74) is 1.87. The van der Waals surface area contributed by atoms with Crippen LogP contribution in [0, 0.1) is 5.92 Å². The van der Waals surface area contributed by atoms with Gasteiger partial charge in [-0.3, -0.25) is 9.36 Å². The van der Waals surface area contributed by atoms with Crippen LogP contribution in [0.3, 0.4) is 0 Å². The first-order chi connectivity index (χ1) is 13.2. The molecule has 2 fully saturated rings. The number of piperidine rings is 1. The Hall–Kier alpha value is -1.65. The second-order valence-corrected chi connectivity index (χ2v) is 8.76. The molecule has 1 amide bonds. The van der Waals surface area contributed by atoms with Gasteiger partial charge in [0.25, 0.3) is 0 Å². The first kappa shape index (κ1) is 18.7. The van der Waals surface area contributed by atoms with Gasteiger partial charge in [-0.15, -0.1) is 0 Å². The zero-order chi connectivity index (χ0) is 18.8. The Morgan fingerprint density at radius 3 is 2.30 bits per heavy atom. The number of carbonyl (C=O) groups excluding carboxylic acids is 1. The highest BCUT2D eigenvalue weighted by Crippen LogP contribution is 2.39. The minimum Gasteiger partial charge on any atom is -0.494 e. The van der Waals surface area contributed by atoms with Crippen molar-refractivity contribution in [3.63, 3.8) is 0 Å². The highest BCUT2D eigenvalue weighted by molar-refractivity contribution is 5.76. The van der Waals surface area contributed by atoms with Gasteiger partial charge in [-0.2, -0.15) is 0 Å². The summed E-state index contributed by atoms with van der Waals surface area (Å²) in [5, 5.41) is 20.8. The maximum absolute atomic E-state index is 12.8. The fourth-order valence-corrected chi connectivity index (χ4v) is 5.66. The fourth-order valence-electron chi connectivity index (χ4n) is 5.66. The molecule has 2 aliphatic carbocycles. The van der Waals surface area contributed by atoms with Crippen LogP contribution in [-0.4, -0.2) is 38.2 Å². The Labute approximate surface area is 162 Å². The Morgan fingerprint density at radius 1 is 0.889 bits per heavy atom. The van der Waals surface area contributed by atoms with E-state index in [2.05, 4.69) is 4.90 Å². The Kier molecular flexibility index (Phi) is 5.65. The van der Waals surface area contributed by atoms with Crippen molar-refractivity contribution < 1.29 is 15.0 Å². The average molecular weight is 375 g/mol. The number of hydrogen-bond donors (Lipinski definition) is 2. The predicted molar refractivity (Wildman–Crippen MR) is 105 cm³/mol. The normalized spacial score (nSPS) is 25.1. The highest BCUT2D eigenvalue weighted by atomic mass is 16.3. The van der Waals surface area contributed by atoms with Gasteiger partial charge in [0.2, 0.25) is 5.91 Å². The smallest absolute Gasteiger partial charge is 0.222 e. The fraction of sp³-hybridized carbons (Fsp3) is 0.773. The molecule has 27 heavy (non-hydrogen) atoms. The van der Waals surface area contributed by atoms with Crippen molar-refractivity contribution in [1.29, 1.82) is 0 Å². The first-order valence-electron chi connectivity index (χ1n) is 11.1. The summed E-state index contributed by atoms with van der Waals surface area (Å²) < 4.78 is 1.65. The number of nitrogens with zero attached hydrogens (tertiary/aromatic N) is 2. The monoisotopic (exact) mass is 374 g/mol. The summed E-state index contributed by atoms with van der Waals surface area (Å²) in [6.45, 7) is 1.52. The van der Waals surface area contributed by atoms with E-state index < -0.39 is 0 Å². The molecule has 3 aliphatic rings. The predicted octanol–water partition coefficient (Wildman–Crippen LogP) is 4.13. The first-order valence-corrected chi connectivity index (χ1v) is 11.1. The van der Waals surface area contributed by atoms with Crippen molar-refractivity contribution in [2.24, 2.45) is 5.92 Å². The number of unbranched alkanes of at least 4 members (excludes halogenated alkanes) is 1. The van der Waals surface area contributed by atoms with Gasteiger partial charge >= 0.3 is 0 Å². The van der Waals surface area contributed by atoms with Crippen LogP contribution < -0.4 is 0 Å². The molecular weight excluding hydrogens is 340 g/mol. The molecule has 2 N–H and O–H groups in total. The number of likely N-dealkylation sites (tertiary alicyclic amines) is 1. The molecule has 0 radical (unpaired) electrons. The molecule has 0 aromatic carbocycles.